The highest BCUT2D eigenvalue weighted by Gasteiger charge is 2.52. The fourth-order valence-electron chi connectivity index (χ4n) is 5.90. The van der Waals surface area contributed by atoms with Crippen molar-refractivity contribution in [3.63, 3.8) is 0 Å². The summed E-state index contributed by atoms with van der Waals surface area (Å²) in [6, 6.07) is 1.87. The number of fused-ring (bicyclic) bond motifs is 3. The molecule has 0 spiro atoms. The van der Waals surface area contributed by atoms with E-state index in [2.05, 4.69) is 5.32 Å². The first-order chi connectivity index (χ1) is 18.4. The van der Waals surface area contributed by atoms with Crippen LogP contribution >= 0.6 is 0 Å². The molecule has 10 heteroatoms. The van der Waals surface area contributed by atoms with Crippen molar-refractivity contribution < 1.29 is 38.9 Å². The fraction of sp³-hybridized carbons (Fsp3) is 0.571. The molecule has 2 aliphatic carbocycles. The molecule has 1 aromatic rings. The van der Waals surface area contributed by atoms with Gasteiger partial charge in [-0.3, -0.25) is 19.2 Å². The summed E-state index contributed by atoms with van der Waals surface area (Å²) in [6.45, 7) is 1.36. The average molecular weight is 529 g/mol. The minimum Gasteiger partial charge on any atom is -0.493 e. The molecule has 1 fully saturated rings. The summed E-state index contributed by atoms with van der Waals surface area (Å²) >= 11 is 0. The number of aliphatic hydroxyl groups excluding tert-OH is 2. The van der Waals surface area contributed by atoms with Crippen LogP contribution < -0.4 is 14.8 Å². The van der Waals surface area contributed by atoms with E-state index in [1.54, 1.807) is 19.1 Å². The Balaban J connectivity index is 1.84. The first-order valence-electron chi connectivity index (χ1n) is 13.3. The van der Waals surface area contributed by atoms with Gasteiger partial charge in [0.2, 0.25) is 11.7 Å². The van der Waals surface area contributed by atoms with Crippen LogP contribution in [0, 0.1) is 0 Å². The van der Waals surface area contributed by atoms with Crippen LogP contribution in [0.1, 0.15) is 73.7 Å². The lowest BCUT2D eigenvalue weighted by Crippen LogP contribution is -2.59. The number of rotatable bonds is 9. The monoisotopic (exact) mass is 528 g/mol. The zero-order valence-electron chi connectivity index (χ0n) is 21.9. The molecule has 1 aliphatic heterocycles. The van der Waals surface area contributed by atoms with Gasteiger partial charge < -0.3 is 29.9 Å². The first kappa shape index (κ1) is 27.8. The smallest absolute Gasteiger partial charge is 0.290 e. The van der Waals surface area contributed by atoms with Crippen LogP contribution in [-0.4, -0.2) is 83.5 Å². The molecule has 1 heterocycles. The van der Waals surface area contributed by atoms with Crippen molar-refractivity contribution in [3.8, 4) is 11.5 Å². The van der Waals surface area contributed by atoms with Gasteiger partial charge >= 0.3 is 0 Å². The van der Waals surface area contributed by atoms with Gasteiger partial charge in [-0.1, -0.05) is 32.6 Å². The summed E-state index contributed by atoms with van der Waals surface area (Å²) < 4.78 is 11.6. The predicted molar refractivity (Wildman–Crippen MR) is 137 cm³/mol. The Labute approximate surface area is 222 Å². The number of ketones is 1. The average Bonchev–Trinajstić information content (AvgIpc) is 3.12. The SMILES string of the molecule is CCC(=O)C(=O)N(C1CCCCCC1)[C@@H]1C=C(C(=O)NCCO)[C@@H]2c3cc(C=O)cc(OC)c3O[C@@H]2[C@H]1O. The molecule has 0 aromatic heterocycles. The van der Waals surface area contributed by atoms with E-state index in [1.165, 1.54) is 18.1 Å². The Kier molecular flexibility index (Phi) is 8.83. The van der Waals surface area contributed by atoms with Crippen molar-refractivity contribution in [2.24, 2.45) is 0 Å². The van der Waals surface area contributed by atoms with Crippen LogP contribution in [0.2, 0.25) is 0 Å². The number of aldehydes is 1. The van der Waals surface area contributed by atoms with Crippen molar-refractivity contribution in [2.45, 2.75) is 82.1 Å². The molecule has 1 saturated carbocycles. The van der Waals surface area contributed by atoms with Crippen LogP contribution in [0.5, 0.6) is 11.5 Å². The first-order valence-corrected chi connectivity index (χ1v) is 13.3. The molecule has 0 unspecified atom stereocenters. The number of benzene rings is 1. The molecule has 2 amide bonds. The number of amides is 2. The molecule has 0 saturated heterocycles. The Morgan fingerprint density at radius 2 is 1.89 bits per heavy atom. The number of methoxy groups -OCH3 is 1. The van der Waals surface area contributed by atoms with Gasteiger partial charge in [-0.25, -0.2) is 0 Å². The van der Waals surface area contributed by atoms with Crippen molar-refractivity contribution in [2.75, 3.05) is 20.3 Å². The van der Waals surface area contributed by atoms with Crippen LogP contribution in [0.3, 0.4) is 0 Å². The van der Waals surface area contributed by atoms with Gasteiger partial charge in [0.1, 0.15) is 18.5 Å². The van der Waals surface area contributed by atoms with Gasteiger partial charge in [0.05, 0.1) is 25.7 Å². The van der Waals surface area contributed by atoms with Crippen molar-refractivity contribution in [1.29, 1.82) is 0 Å². The fourth-order valence-corrected chi connectivity index (χ4v) is 5.90. The molecule has 1 aromatic carbocycles. The van der Waals surface area contributed by atoms with Crippen LogP contribution in [0.25, 0.3) is 0 Å². The Morgan fingerprint density at radius 3 is 2.50 bits per heavy atom. The van der Waals surface area contributed by atoms with E-state index in [9.17, 15) is 29.4 Å². The zero-order valence-corrected chi connectivity index (χ0v) is 21.9. The minimum absolute atomic E-state index is 0.00574. The number of hydrogen-bond acceptors (Lipinski definition) is 8. The molecule has 3 aliphatic rings. The lowest BCUT2D eigenvalue weighted by atomic mass is 9.76. The molecule has 10 nitrogen and oxygen atoms in total. The number of Topliss-reactive ketones (excluding diaryl/α,β-unsaturated/α-hetero) is 1. The Morgan fingerprint density at radius 1 is 1.18 bits per heavy atom. The minimum atomic E-state index is -1.26. The molecule has 4 rings (SSSR count). The standard InChI is InChI=1S/C28H36N2O8/c1-3-21(33)28(36)30(17-8-6-4-5-7-9-17)20-14-19(27(35)29-10-11-31)23-18-12-16(15-32)13-22(37-2)25(18)38-26(23)24(20)34/h12-15,17,20,23-24,26,31,34H,3-11H2,1-2H3,(H,29,35)/t20-,23+,24+,26+/m1/s1. The number of nitrogens with zero attached hydrogens (tertiary/aromatic N) is 1. The topological polar surface area (TPSA) is 142 Å². The van der Waals surface area contributed by atoms with E-state index in [0.29, 0.717) is 36.0 Å². The maximum absolute atomic E-state index is 13.5. The molecular weight excluding hydrogens is 492 g/mol. The quantitative estimate of drug-likeness (QED) is 0.250. The number of carbonyl (C=O) groups excluding carboxylic acids is 4. The summed E-state index contributed by atoms with van der Waals surface area (Å²) in [5.74, 6) is -1.88. The molecule has 3 N–H and O–H groups in total. The van der Waals surface area contributed by atoms with E-state index in [4.69, 9.17) is 9.47 Å². The highest BCUT2D eigenvalue weighted by molar-refractivity contribution is 6.36. The van der Waals surface area contributed by atoms with Crippen LogP contribution in [0.15, 0.2) is 23.8 Å². The third kappa shape index (κ3) is 5.19. The lowest BCUT2D eigenvalue weighted by molar-refractivity contribution is -0.151. The van der Waals surface area contributed by atoms with Crippen molar-refractivity contribution >= 4 is 23.9 Å². The van der Waals surface area contributed by atoms with E-state index in [0.717, 1.165) is 25.7 Å². The van der Waals surface area contributed by atoms with Gasteiger partial charge in [0.15, 0.2) is 11.5 Å². The third-order valence-corrected chi connectivity index (χ3v) is 7.74. The third-order valence-electron chi connectivity index (χ3n) is 7.74. The number of aliphatic hydroxyl groups is 2. The molecule has 38 heavy (non-hydrogen) atoms. The second kappa shape index (κ2) is 12.1. The maximum atomic E-state index is 13.5. The summed E-state index contributed by atoms with van der Waals surface area (Å²) in [5, 5.41) is 23.6. The van der Waals surface area contributed by atoms with Crippen molar-refractivity contribution in [3.05, 3.63) is 34.9 Å². The highest BCUT2D eigenvalue weighted by Crippen LogP contribution is 2.51. The van der Waals surface area contributed by atoms with Gasteiger partial charge in [0.25, 0.3) is 5.91 Å². The van der Waals surface area contributed by atoms with E-state index >= 15 is 0 Å². The summed E-state index contributed by atoms with van der Waals surface area (Å²) in [7, 11) is 1.43. The number of ether oxygens (including phenoxy) is 2. The Hall–Kier alpha value is -3.24. The van der Waals surface area contributed by atoms with Gasteiger partial charge in [-0.05, 0) is 31.1 Å². The number of hydrogen-bond donors (Lipinski definition) is 3. The van der Waals surface area contributed by atoms with Gasteiger partial charge in [-0.15, -0.1) is 0 Å². The summed E-state index contributed by atoms with van der Waals surface area (Å²) in [4.78, 5) is 52.6. The molecule has 0 bridgehead atoms. The van der Waals surface area contributed by atoms with E-state index < -0.39 is 41.8 Å². The van der Waals surface area contributed by atoms with Crippen LogP contribution in [-0.2, 0) is 14.4 Å². The molecule has 206 valence electrons. The molecule has 4 atom stereocenters. The Bertz CT molecular complexity index is 1110. The van der Waals surface area contributed by atoms with E-state index in [1.807, 2.05) is 0 Å². The number of nitrogens with one attached hydrogen (secondary N) is 1. The van der Waals surface area contributed by atoms with Crippen LogP contribution in [0.4, 0.5) is 0 Å². The van der Waals surface area contributed by atoms with E-state index in [-0.39, 0.29) is 36.9 Å². The largest absolute Gasteiger partial charge is 0.493 e. The van der Waals surface area contributed by atoms with Gasteiger partial charge in [-0.2, -0.15) is 0 Å². The molecular formula is C28H36N2O8. The van der Waals surface area contributed by atoms with Crippen molar-refractivity contribution in [1.82, 2.24) is 10.2 Å². The highest BCUT2D eigenvalue weighted by atomic mass is 16.5. The lowest BCUT2D eigenvalue weighted by Gasteiger charge is -2.43. The maximum Gasteiger partial charge on any atom is 0.290 e. The normalized spacial score (nSPS) is 24.7. The van der Waals surface area contributed by atoms with Gasteiger partial charge in [0, 0.05) is 35.7 Å². The number of carbonyl (C=O) groups is 4. The second-order valence-electron chi connectivity index (χ2n) is 10.0. The summed E-state index contributed by atoms with van der Waals surface area (Å²) in [6.07, 6.45) is 5.24. The predicted octanol–water partition coefficient (Wildman–Crippen LogP) is 1.66. The zero-order chi connectivity index (χ0) is 27.4. The molecule has 0 radical (unpaired) electrons. The summed E-state index contributed by atoms with van der Waals surface area (Å²) in [5.41, 5.74) is 1.06. The second-order valence-corrected chi connectivity index (χ2v) is 10.0.